The Hall–Kier alpha value is -3.35. The van der Waals surface area contributed by atoms with Crippen LogP contribution in [0.25, 0.3) is 11.0 Å². The second-order valence-electron chi connectivity index (χ2n) is 9.16. The highest BCUT2D eigenvalue weighted by atomic mass is 16.5. The summed E-state index contributed by atoms with van der Waals surface area (Å²) in [4.78, 5) is 32.4. The summed E-state index contributed by atoms with van der Waals surface area (Å²) in [6.45, 7) is 2.69. The second-order valence-corrected chi connectivity index (χ2v) is 9.16. The van der Waals surface area contributed by atoms with Crippen molar-refractivity contribution in [3.05, 3.63) is 59.9 Å². The van der Waals surface area contributed by atoms with Crippen LogP contribution < -0.4 is 10.1 Å². The highest BCUT2D eigenvalue weighted by Gasteiger charge is 2.19. The summed E-state index contributed by atoms with van der Waals surface area (Å²) in [6.07, 6.45) is 8.22. The topological polar surface area (TPSA) is 76.5 Å². The van der Waals surface area contributed by atoms with E-state index >= 15 is 0 Å². The van der Waals surface area contributed by atoms with Crippen LogP contribution in [0.1, 0.15) is 61.1 Å². The van der Waals surface area contributed by atoms with E-state index in [1.165, 1.54) is 12.8 Å². The van der Waals surface area contributed by atoms with Crippen molar-refractivity contribution in [2.75, 3.05) is 26.7 Å². The van der Waals surface area contributed by atoms with Crippen LogP contribution in [0.2, 0.25) is 0 Å². The molecule has 0 spiro atoms. The van der Waals surface area contributed by atoms with Gasteiger partial charge in [-0.05, 0) is 49.9 Å². The number of unbranched alkanes of at least 4 members (excludes halogenated alkanes) is 2. The van der Waals surface area contributed by atoms with Crippen molar-refractivity contribution < 1.29 is 14.3 Å². The van der Waals surface area contributed by atoms with Gasteiger partial charge in [0.25, 0.3) is 5.91 Å². The molecule has 1 aliphatic heterocycles. The molecule has 3 aromatic rings. The molecule has 0 radical (unpaired) electrons. The Morgan fingerprint density at radius 2 is 1.69 bits per heavy atom. The molecule has 2 heterocycles. The van der Waals surface area contributed by atoms with E-state index in [9.17, 15) is 9.59 Å². The van der Waals surface area contributed by atoms with Gasteiger partial charge in [0.2, 0.25) is 5.91 Å². The lowest BCUT2D eigenvalue weighted by Crippen LogP contribution is -2.34. The van der Waals surface area contributed by atoms with Gasteiger partial charge in [-0.2, -0.15) is 0 Å². The van der Waals surface area contributed by atoms with Gasteiger partial charge in [-0.15, -0.1) is 0 Å². The highest BCUT2D eigenvalue weighted by molar-refractivity contribution is 5.96. The van der Waals surface area contributed by atoms with Crippen LogP contribution in [-0.2, 0) is 17.8 Å². The van der Waals surface area contributed by atoms with Crippen molar-refractivity contribution in [1.29, 1.82) is 0 Å². The van der Waals surface area contributed by atoms with Gasteiger partial charge in [-0.25, -0.2) is 4.98 Å². The minimum atomic E-state index is -0.115. The average Bonchev–Trinajstić information content (AvgIpc) is 3.04. The smallest absolute Gasteiger partial charge is 0.255 e. The van der Waals surface area contributed by atoms with E-state index in [0.717, 1.165) is 68.5 Å². The molecule has 2 aromatic carbocycles. The molecule has 0 bridgehead atoms. The summed E-state index contributed by atoms with van der Waals surface area (Å²) in [5.74, 6) is 1.62. The quantitative estimate of drug-likeness (QED) is 0.434. The molecule has 0 unspecified atom stereocenters. The number of hydrogen-bond donors (Lipinski definition) is 1. The van der Waals surface area contributed by atoms with Gasteiger partial charge in [0.05, 0.1) is 23.7 Å². The first-order valence-electron chi connectivity index (χ1n) is 12.8. The predicted octanol–water partition coefficient (Wildman–Crippen LogP) is 4.59. The van der Waals surface area contributed by atoms with Gasteiger partial charge >= 0.3 is 0 Å². The number of rotatable bonds is 10. The zero-order valence-electron chi connectivity index (χ0n) is 20.7. The van der Waals surface area contributed by atoms with E-state index in [2.05, 4.69) is 16.0 Å². The number of likely N-dealkylation sites (tertiary alicyclic amines) is 1. The van der Waals surface area contributed by atoms with Crippen LogP contribution in [0.5, 0.6) is 5.75 Å². The molecule has 7 nitrogen and oxygen atoms in total. The normalized spacial score (nSPS) is 14.0. The van der Waals surface area contributed by atoms with Gasteiger partial charge in [0.15, 0.2) is 0 Å². The number of amides is 2. The molecule has 7 heteroatoms. The largest absolute Gasteiger partial charge is 0.496 e. The number of ether oxygens (including phenoxy) is 1. The van der Waals surface area contributed by atoms with Crippen molar-refractivity contribution in [3.63, 3.8) is 0 Å². The van der Waals surface area contributed by atoms with Gasteiger partial charge < -0.3 is 19.5 Å². The highest BCUT2D eigenvalue weighted by Crippen LogP contribution is 2.20. The zero-order valence-corrected chi connectivity index (χ0v) is 20.7. The Kier molecular flexibility index (Phi) is 8.76. The Labute approximate surface area is 207 Å². The minimum Gasteiger partial charge on any atom is -0.496 e. The lowest BCUT2D eigenvalue weighted by molar-refractivity contribution is -0.131. The fourth-order valence-corrected chi connectivity index (χ4v) is 4.76. The molecule has 1 aliphatic rings. The molecule has 1 saturated heterocycles. The second kappa shape index (κ2) is 12.4. The van der Waals surface area contributed by atoms with Gasteiger partial charge in [0, 0.05) is 26.1 Å². The van der Waals surface area contributed by atoms with E-state index in [1.54, 1.807) is 19.2 Å². The standard InChI is InChI=1S/C28H36N4O3/c1-35-25-16-9-6-13-22(25)28(34)29-18-10-4-5-17-26-30-23-14-7-8-15-24(23)32(26)21-27(33)31-19-11-2-3-12-20-31/h6-9,13-16H,2-5,10-12,17-21H2,1H3,(H,29,34). The fourth-order valence-electron chi connectivity index (χ4n) is 4.76. The van der Waals surface area contributed by atoms with Gasteiger partial charge in [-0.3, -0.25) is 9.59 Å². The van der Waals surface area contributed by atoms with Crippen molar-refractivity contribution >= 4 is 22.8 Å². The molecule has 0 saturated carbocycles. The average molecular weight is 477 g/mol. The molecule has 0 atom stereocenters. The summed E-state index contributed by atoms with van der Waals surface area (Å²) in [6, 6.07) is 15.3. The Bertz CT molecular complexity index is 1130. The van der Waals surface area contributed by atoms with Crippen LogP contribution >= 0.6 is 0 Å². The third kappa shape index (κ3) is 6.41. The number of imidazole rings is 1. The van der Waals surface area contributed by atoms with Crippen molar-refractivity contribution in [3.8, 4) is 5.75 Å². The molecule has 1 aromatic heterocycles. The van der Waals surface area contributed by atoms with Crippen molar-refractivity contribution in [2.24, 2.45) is 0 Å². The molecule has 1 N–H and O–H groups in total. The molecule has 35 heavy (non-hydrogen) atoms. The van der Waals surface area contributed by atoms with E-state index in [1.807, 2.05) is 35.2 Å². The maximum Gasteiger partial charge on any atom is 0.255 e. The van der Waals surface area contributed by atoms with Crippen molar-refractivity contribution in [2.45, 2.75) is 57.9 Å². The predicted molar refractivity (Wildman–Crippen MR) is 138 cm³/mol. The molecule has 1 fully saturated rings. The number of aryl methyl sites for hydroxylation is 1. The SMILES string of the molecule is COc1ccccc1C(=O)NCCCCCc1nc2ccccc2n1CC(=O)N1CCCCCC1. The zero-order chi connectivity index (χ0) is 24.5. The molecule has 186 valence electrons. The van der Waals surface area contributed by atoms with E-state index in [4.69, 9.17) is 9.72 Å². The third-order valence-electron chi connectivity index (χ3n) is 6.70. The summed E-state index contributed by atoms with van der Waals surface area (Å²) in [5, 5.41) is 2.98. The number of carbonyl (C=O) groups is 2. The Morgan fingerprint density at radius 3 is 2.49 bits per heavy atom. The number of carbonyl (C=O) groups excluding carboxylic acids is 2. The summed E-state index contributed by atoms with van der Waals surface area (Å²) >= 11 is 0. The molecular formula is C28H36N4O3. The number of fused-ring (bicyclic) bond motifs is 1. The van der Waals surface area contributed by atoms with Gasteiger partial charge in [0.1, 0.15) is 18.1 Å². The molecular weight excluding hydrogens is 440 g/mol. The maximum absolute atomic E-state index is 13.1. The Balaban J connectivity index is 1.30. The fraction of sp³-hybridized carbons (Fsp3) is 0.464. The number of hydrogen-bond acceptors (Lipinski definition) is 4. The molecule has 0 aliphatic carbocycles. The van der Waals surface area contributed by atoms with Crippen LogP contribution in [0.4, 0.5) is 0 Å². The maximum atomic E-state index is 13.1. The first-order valence-corrected chi connectivity index (χ1v) is 12.8. The first-order chi connectivity index (χ1) is 17.2. The summed E-state index contributed by atoms with van der Waals surface area (Å²) in [5.41, 5.74) is 2.52. The van der Waals surface area contributed by atoms with Crippen molar-refractivity contribution in [1.82, 2.24) is 19.8 Å². The number of nitrogens with zero attached hydrogens (tertiary/aromatic N) is 3. The Morgan fingerprint density at radius 1 is 0.943 bits per heavy atom. The number of benzene rings is 2. The van der Waals surface area contributed by atoms with E-state index in [0.29, 0.717) is 24.4 Å². The van der Waals surface area contributed by atoms with Gasteiger partial charge in [-0.1, -0.05) is 43.5 Å². The number of nitrogens with one attached hydrogen (secondary N) is 1. The summed E-state index contributed by atoms with van der Waals surface area (Å²) < 4.78 is 7.37. The number of aromatic nitrogens is 2. The number of para-hydroxylation sites is 3. The number of methoxy groups -OCH3 is 1. The van der Waals surface area contributed by atoms with Crippen LogP contribution in [0, 0.1) is 0 Å². The monoisotopic (exact) mass is 476 g/mol. The van der Waals surface area contributed by atoms with E-state index < -0.39 is 0 Å². The van der Waals surface area contributed by atoms with Crippen LogP contribution in [0.15, 0.2) is 48.5 Å². The molecule has 4 rings (SSSR count). The first kappa shape index (κ1) is 24.8. The van der Waals surface area contributed by atoms with Crippen LogP contribution in [-0.4, -0.2) is 53.0 Å². The molecule has 2 amide bonds. The lowest BCUT2D eigenvalue weighted by Gasteiger charge is -2.21. The minimum absolute atomic E-state index is 0.115. The third-order valence-corrected chi connectivity index (χ3v) is 6.70. The van der Waals surface area contributed by atoms with Crippen LogP contribution in [0.3, 0.4) is 0 Å². The summed E-state index contributed by atoms with van der Waals surface area (Å²) in [7, 11) is 1.57. The lowest BCUT2D eigenvalue weighted by atomic mass is 10.1. The van der Waals surface area contributed by atoms with E-state index in [-0.39, 0.29) is 11.8 Å².